The zero-order valence-electron chi connectivity index (χ0n) is 19.3. The molecule has 0 atom stereocenters. The van der Waals surface area contributed by atoms with E-state index in [-0.39, 0.29) is 10.9 Å². The van der Waals surface area contributed by atoms with Crippen LogP contribution < -0.4 is 9.47 Å². The molecule has 1 amide bonds. The summed E-state index contributed by atoms with van der Waals surface area (Å²) in [5.41, 5.74) is 2.64. The van der Waals surface area contributed by atoms with Crippen LogP contribution in [0.4, 0.5) is 0 Å². The lowest BCUT2D eigenvalue weighted by Gasteiger charge is -2.13. The first-order valence-corrected chi connectivity index (χ1v) is 12.5. The number of carbonyl (C=O) groups excluding carboxylic acids is 1. The third-order valence-corrected chi connectivity index (χ3v) is 6.64. The van der Waals surface area contributed by atoms with Gasteiger partial charge in [0, 0.05) is 11.8 Å². The van der Waals surface area contributed by atoms with Gasteiger partial charge in [0.1, 0.15) is 29.0 Å². The first kappa shape index (κ1) is 25.4. The Morgan fingerprint density at radius 1 is 1.08 bits per heavy atom. The Hall–Kier alpha value is -3.69. The van der Waals surface area contributed by atoms with Crippen molar-refractivity contribution in [2.75, 3.05) is 13.2 Å². The van der Waals surface area contributed by atoms with E-state index in [0.29, 0.717) is 28.6 Å². The van der Waals surface area contributed by atoms with Crippen LogP contribution in [0, 0.1) is 0 Å². The van der Waals surface area contributed by atoms with Gasteiger partial charge in [-0.25, -0.2) is 0 Å². The monoisotopic (exact) mass is 520 g/mol. The molecule has 0 aliphatic carbocycles. The van der Waals surface area contributed by atoms with Crippen LogP contribution in [-0.2, 0) is 22.6 Å². The number of pyridine rings is 1. The Morgan fingerprint density at radius 2 is 1.89 bits per heavy atom. The van der Waals surface area contributed by atoms with E-state index < -0.39 is 18.4 Å². The first-order valence-electron chi connectivity index (χ1n) is 11.3. The molecule has 7 nitrogen and oxygen atoms in total. The number of aliphatic carboxylic acids is 1. The van der Waals surface area contributed by atoms with E-state index in [2.05, 4.69) is 17.1 Å². The second kappa shape index (κ2) is 12.3. The number of benzene rings is 2. The Bertz CT molecular complexity index is 1270. The fourth-order valence-electron chi connectivity index (χ4n) is 3.52. The molecule has 2 heterocycles. The van der Waals surface area contributed by atoms with Crippen molar-refractivity contribution in [2.24, 2.45) is 0 Å². The summed E-state index contributed by atoms with van der Waals surface area (Å²) in [6, 6.07) is 21.2. The number of aromatic nitrogens is 1. The molecule has 1 fully saturated rings. The molecule has 0 saturated carbocycles. The molecule has 1 saturated heterocycles. The minimum Gasteiger partial charge on any atom is -0.494 e. The molecule has 2 aromatic carbocycles. The van der Waals surface area contributed by atoms with Crippen molar-refractivity contribution in [1.29, 1.82) is 0 Å². The summed E-state index contributed by atoms with van der Waals surface area (Å²) < 4.78 is 12.2. The van der Waals surface area contributed by atoms with E-state index in [4.69, 9.17) is 26.8 Å². The Kier molecular flexibility index (Phi) is 8.70. The highest BCUT2D eigenvalue weighted by Gasteiger charge is 2.33. The van der Waals surface area contributed by atoms with Crippen LogP contribution in [0.25, 0.3) is 6.08 Å². The van der Waals surface area contributed by atoms with Gasteiger partial charge in [0.2, 0.25) is 0 Å². The van der Waals surface area contributed by atoms with Gasteiger partial charge in [-0.1, -0.05) is 60.4 Å². The zero-order chi connectivity index (χ0) is 25.3. The predicted molar refractivity (Wildman–Crippen MR) is 143 cm³/mol. The third-order valence-electron chi connectivity index (χ3n) is 5.26. The highest BCUT2D eigenvalue weighted by molar-refractivity contribution is 8.26. The predicted octanol–water partition coefficient (Wildman–Crippen LogP) is 4.96. The summed E-state index contributed by atoms with van der Waals surface area (Å²) in [5.74, 6) is -0.392. The van der Waals surface area contributed by atoms with Crippen LogP contribution in [0.5, 0.6) is 11.5 Å². The SMILES string of the molecule is O=C(O)CN1C(=O)C(=Cc2cc(OCCCc3ccccc3)ccc2OCc2ccccn2)SC1=S. The molecule has 9 heteroatoms. The van der Waals surface area contributed by atoms with Gasteiger partial charge < -0.3 is 14.6 Å². The number of ether oxygens (including phenoxy) is 2. The Morgan fingerprint density at radius 3 is 2.64 bits per heavy atom. The summed E-state index contributed by atoms with van der Waals surface area (Å²) in [6.45, 7) is 0.303. The van der Waals surface area contributed by atoms with Crippen LogP contribution in [0.2, 0.25) is 0 Å². The Balaban J connectivity index is 1.51. The summed E-state index contributed by atoms with van der Waals surface area (Å²) in [5, 5.41) is 9.09. The van der Waals surface area contributed by atoms with Crippen LogP contribution in [0.3, 0.4) is 0 Å². The highest BCUT2D eigenvalue weighted by Crippen LogP contribution is 2.35. The van der Waals surface area contributed by atoms with Crippen LogP contribution in [-0.4, -0.2) is 44.3 Å². The standard InChI is InChI=1S/C27H24N2O5S2/c30-25(31)17-29-26(32)24(36-27(29)35)16-20-15-22(33-14-6-9-19-7-2-1-3-8-19)11-12-23(20)34-18-21-10-4-5-13-28-21/h1-5,7-8,10-13,15-16H,6,9,14,17-18H2,(H,30,31). The van der Waals surface area contributed by atoms with Crippen molar-refractivity contribution in [2.45, 2.75) is 19.4 Å². The molecular formula is C27H24N2O5S2. The van der Waals surface area contributed by atoms with E-state index >= 15 is 0 Å². The van der Waals surface area contributed by atoms with E-state index in [9.17, 15) is 9.59 Å². The number of rotatable bonds is 11. The van der Waals surface area contributed by atoms with Crippen molar-refractivity contribution in [3.63, 3.8) is 0 Å². The number of carbonyl (C=O) groups is 2. The highest BCUT2D eigenvalue weighted by atomic mass is 32.2. The van der Waals surface area contributed by atoms with Gasteiger partial charge in [-0.05, 0) is 54.8 Å². The van der Waals surface area contributed by atoms with Crippen molar-refractivity contribution < 1.29 is 24.2 Å². The molecular weight excluding hydrogens is 496 g/mol. The van der Waals surface area contributed by atoms with Crippen LogP contribution in [0.15, 0.2) is 77.8 Å². The topological polar surface area (TPSA) is 89.0 Å². The second-order valence-electron chi connectivity index (χ2n) is 7.91. The number of amides is 1. The maximum absolute atomic E-state index is 12.8. The number of nitrogens with zero attached hydrogens (tertiary/aromatic N) is 2. The van der Waals surface area contributed by atoms with E-state index in [1.54, 1.807) is 24.4 Å². The molecule has 3 aromatic rings. The van der Waals surface area contributed by atoms with Crippen molar-refractivity contribution in [3.8, 4) is 11.5 Å². The van der Waals surface area contributed by atoms with Gasteiger partial charge in [0.15, 0.2) is 0 Å². The molecule has 1 aliphatic rings. The summed E-state index contributed by atoms with van der Waals surface area (Å²) in [4.78, 5) is 29.6. The molecule has 36 heavy (non-hydrogen) atoms. The lowest BCUT2D eigenvalue weighted by molar-refractivity contribution is -0.140. The van der Waals surface area contributed by atoms with Crippen molar-refractivity contribution in [3.05, 3.63) is 94.7 Å². The number of thiocarbonyl (C=S) groups is 1. The minimum atomic E-state index is -1.13. The number of thioether (sulfide) groups is 1. The second-order valence-corrected chi connectivity index (χ2v) is 9.58. The quantitative estimate of drug-likeness (QED) is 0.216. The van der Waals surface area contributed by atoms with E-state index in [0.717, 1.165) is 35.2 Å². The summed E-state index contributed by atoms with van der Waals surface area (Å²) in [6.07, 6.45) is 5.11. The fraction of sp³-hybridized carbons (Fsp3) is 0.185. The molecule has 1 aromatic heterocycles. The number of hydrogen-bond donors (Lipinski definition) is 1. The van der Waals surface area contributed by atoms with Gasteiger partial charge >= 0.3 is 5.97 Å². The van der Waals surface area contributed by atoms with E-state index in [1.165, 1.54) is 5.56 Å². The maximum Gasteiger partial charge on any atom is 0.323 e. The average Bonchev–Trinajstić information content (AvgIpc) is 3.14. The van der Waals surface area contributed by atoms with Gasteiger partial charge in [-0.3, -0.25) is 19.5 Å². The van der Waals surface area contributed by atoms with Gasteiger partial charge in [-0.2, -0.15) is 0 Å². The smallest absolute Gasteiger partial charge is 0.323 e. The number of aryl methyl sites for hydroxylation is 1. The molecule has 0 spiro atoms. The minimum absolute atomic E-state index is 0.206. The lowest BCUT2D eigenvalue weighted by atomic mass is 10.1. The van der Waals surface area contributed by atoms with Gasteiger partial charge in [0.25, 0.3) is 5.91 Å². The molecule has 4 rings (SSSR count). The van der Waals surface area contributed by atoms with Gasteiger partial charge in [-0.15, -0.1) is 0 Å². The molecule has 1 aliphatic heterocycles. The lowest BCUT2D eigenvalue weighted by Crippen LogP contribution is -2.33. The first-order chi connectivity index (χ1) is 17.5. The average molecular weight is 521 g/mol. The third kappa shape index (κ3) is 6.93. The normalized spacial score (nSPS) is 14.3. The largest absolute Gasteiger partial charge is 0.494 e. The Labute approximate surface area is 218 Å². The van der Waals surface area contributed by atoms with Crippen molar-refractivity contribution >= 4 is 46.3 Å². The van der Waals surface area contributed by atoms with E-state index in [1.807, 2.05) is 42.5 Å². The molecule has 184 valence electrons. The number of hydrogen-bond acceptors (Lipinski definition) is 7. The molecule has 0 bridgehead atoms. The van der Waals surface area contributed by atoms with Crippen molar-refractivity contribution in [1.82, 2.24) is 9.88 Å². The molecule has 1 N–H and O–H groups in total. The molecule has 0 radical (unpaired) electrons. The van der Waals surface area contributed by atoms with Crippen LogP contribution >= 0.6 is 24.0 Å². The maximum atomic E-state index is 12.8. The fourth-order valence-corrected chi connectivity index (χ4v) is 4.77. The summed E-state index contributed by atoms with van der Waals surface area (Å²) >= 11 is 6.28. The zero-order valence-corrected chi connectivity index (χ0v) is 21.0. The number of carboxylic acids is 1. The summed E-state index contributed by atoms with van der Waals surface area (Å²) in [7, 11) is 0. The number of carboxylic acid groups (broad SMARTS) is 1. The van der Waals surface area contributed by atoms with Gasteiger partial charge in [0.05, 0.1) is 17.2 Å². The van der Waals surface area contributed by atoms with Crippen LogP contribution in [0.1, 0.15) is 23.2 Å². The molecule has 0 unspecified atom stereocenters.